The predicted octanol–water partition coefficient (Wildman–Crippen LogP) is 5.77. The second-order valence-electron chi connectivity index (χ2n) is 8.00. The fourth-order valence-corrected chi connectivity index (χ4v) is 3.31. The number of hydrogen-bond acceptors (Lipinski definition) is 1. The van der Waals surface area contributed by atoms with E-state index in [0.717, 1.165) is 16.8 Å². The zero-order chi connectivity index (χ0) is 27.4. The van der Waals surface area contributed by atoms with E-state index in [1.54, 1.807) is 17.8 Å². The minimum Gasteiger partial charge on any atom is -0.258 e. The molecule has 1 aromatic carbocycles. The summed E-state index contributed by atoms with van der Waals surface area (Å²) in [6.07, 6.45) is 1.64. The van der Waals surface area contributed by atoms with Gasteiger partial charge in [0.2, 0.25) is 5.69 Å². The van der Waals surface area contributed by atoms with Gasteiger partial charge in [-0.15, -0.1) is 0 Å². The third-order valence-electron chi connectivity index (χ3n) is 4.75. The summed E-state index contributed by atoms with van der Waals surface area (Å²) in [6.45, 7) is 0.425. The molecule has 3 rings (SSSR count). The quantitative estimate of drug-likeness (QED) is 0.525. The Kier molecular flexibility index (Phi) is 2.76. The van der Waals surface area contributed by atoms with Crippen LogP contribution in [-0.2, 0) is 12.5 Å². The molecule has 2 heterocycles. The first-order valence-electron chi connectivity index (χ1n) is 13.4. The van der Waals surface area contributed by atoms with Crippen molar-refractivity contribution in [3.05, 3.63) is 70.7 Å². The number of aromatic nitrogens is 2. The number of benzene rings is 1. The van der Waals surface area contributed by atoms with Crippen LogP contribution in [0.2, 0.25) is 0 Å². The Bertz CT molecular complexity index is 1260. The Morgan fingerprint density at radius 2 is 1.59 bits per heavy atom. The second kappa shape index (κ2) is 6.92. The number of hydrogen-bond donors (Lipinski definition) is 0. The average Bonchev–Trinajstić information content (AvgIpc) is 2.71. The van der Waals surface area contributed by atoms with E-state index in [-0.39, 0.29) is 17.0 Å². The third kappa shape index (κ3) is 3.95. The lowest BCUT2D eigenvalue weighted by molar-refractivity contribution is -0.660. The Morgan fingerprint density at radius 3 is 2.19 bits per heavy atom. The van der Waals surface area contributed by atoms with E-state index in [1.165, 1.54) is 12.1 Å². The molecule has 0 bridgehead atoms. The molecule has 2 nitrogen and oxygen atoms in total. The van der Waals surface area contributed by atoms with Gasteiger partial charge in [0.1, 0.15) is 7.05 Å². The van der Waals surface area contributed by atoms with E-state index in [2.05, 4.69) is 4.98 Å². The van der Waals surface area contributed by atoms with Crippen molar-refractivity contribution in [1.29, 1.82) is 0 Å². The van der Waals surface area contributed by atoms with Gasteiger partial charge >= 0.3 is 0 Å². The standard InChI is InChI=1S/C25H31N2/c1-16-9-10-20(21-11-18(3)26-19(4)12-21)13-22(16)24-14-23(25(5,6)7)17(2)15-27(24)8/h9-15H,1-8H3/q+1/i2D3,3D3,4D3. The molecule has 27 heavy (non-hydrogen) atoms. The largest absolute Gasteiger partial charge is 0.258 e. The van der Waals surface area contributed by atoms with E-state index < -0.39 is 26.0 Å². The van der Waals surface area contributed by atoms with Gasteiger partial charge in [-0.2, -0.15) is 0 Å². The van der Waals surface area contributed by atoms with Crippen LogP contribution in [0.15, 0.2) is 42.6 Å². The van der Waals surface area contributed by atoms with Crippen LogP contribution in [0, 0.1) is 27.5 Å². The molecule has 0 saturated heterocycles. The maximum absolute atomic E-state index is 8.02. The Balaban J connectivity index is 2.29. The Labute approximate surface area is 176 Å². The molecule has 0 saturated carbocycles. The molecule has 0 fully saturated rings. The predicted molar refractivity (Wildman–Crippen MR) is 114 cm³/mol. The highest BCUT2D eigenvalue weighted by molar-refractivity contribution is 5.73. The summed E-state index contributed by atoms with van der Waals surface area (Å²) < 4.78 is 72.4. The van der Waals surface area contributed by atoms with Crippen LogP contribution in [0.1, 0.15) is 61.2 Å². The SMILES string of the molecule is [2H]C([2H])([2H])c1cc(-c2ccc(C)c(-c3cc(C(C)(C)C)c(C([2H])([2H])[2H])c[n+]3C)c2)cc(C([2H])([2H])[2H])n1. The zero-order valence-electron chi connectivity index (χ0n) is 25.4. The number of aryl methyl sites for hydroxylation is 5. The highest BCUT2D eigenvalue weighted by Crippen LogP contribution is 2.32. The van der Waals surface area contributed by atoms with E-state index in [9.17, 15) is 0 Å². The first kappa shape index (κ1) is 10.8. The van der Waals surface area contributed by atoms with Crippen LogP contribution >= 0.6 is 0 Å². The van der Waals surface area contributed by atoms with Crippen molar-refractivity contribution in [2.24, 2.45) is 7.05 Å². The molecule has 2 heteroatoms. The fourth-order valence-electron chi connectivity index (χ4n) is 3.31. The van der Waals surface area contributed by atoms with Gasteiger partial charge in [0.05, 0.1) is 0 Å². The van der Waals surface area contributed by atoms with Gasteiger partial charge in [-0.05, 0) is 73.3 Å². The molecule has 140 valence electrons. The normalized spacial score (nSPS) is 18.0. The minimum atomic E-state index is -2.57. The molecule has 2 aromatic heterocycles. The van der Waals surface area contributed by atoms with Crippen LogP contribution in [0.3, 0.4) is 0 Å². The molecule has 0 N–H and O–H groups in total. The second-order valence-corrected chi connectivity index (χ2v) is 8.00. The van der Waals surface area contributed by atoms with E-state index in [0.29, 0.717) is 16.7 Å². The molecule has 0 aliphatic heterocycles. The maximum atomic E-state index is 8.02. The first-order chi connectivity index (χ1) is 16.2. The van der Waals surface area contributed by atoms with Crippen LogP contribution in [-0.4, -0.2) is 4.98 Å². The molecule has 0 radical (unpaired) electrons. The van der Waals surface area contributed by atoms with Gasteiger partial charge in [0.25, 0.3) is 0 Å². The minimum absolute atomic E-state index is 0.282. The fraction of sp³-hybridized carbons (Fsp3) is 0.360. The lowest BCUT2D eigenvalue weighted by Crippen LogP contribution is -2.33. The van der Waals surface area contributed by atoms with E-state index in [4.69, 9.17) is 12.3 Å². The highest BCUT2D eigenvalue weighted by atomic mass is 14.9. The molecular weight excluding hydrogens is 328 g/mol. The molecule has 0 amide bonds. The average molecular weight is 369 g/mol. The zero-order valence-corrected chi connectivity index (χ0v) is 16.4. The van der Waals surface area contributed by atoms with E-state index >= 15 is 0 Å². The van der Waals surface area contributed by atoms with E-state index in [1.807, 2.05) is 52.0 Å². The lowest BCUT2D eigenvalue weighted by atomic mass is 9.83. The van der Waals surface area contributed by atoms with Crippen molar-refractivity contribution in [2.75, 3.05) is 0 Å². The monoisotopic (exact) mass is 368 g/mol. The molecule has 0 spiro atoms. The lowest BCUT2D eigenvalue weighted by Gasteiger charge is -2.21. The summed E-state index contributed by atoms with van der Waals surface area (Å²) >= 11 is 0. The number of pyridine rings is 2. The summed E-state index contributed by atoms with van der Waals surface area (Å²) in [5, 5.41) is 0. The van der Waals surface area contributed by atoms with Gasteiger partial charge in [0.15, 0.2) is 6.20 Å². The third-order valence-corrected chi connectivity index (χ3v) is 4.75. The van der Waals surface area contributed by atoms with Crippen molar-refractivity contribution in [3.63, 3.8) is 0 Å². The summed E-state index contributed by atoms with van der Waals surface area (Å²) in [5.41, 5.74) is 3.60. The smallest absolute Gasteiger partial charge is 0.212 e. The van der Waals surface area contributed by atoms with Crippen LogP contribution < -0.4 is 4.57 Å². The van der Waals surface area contributed by atoms with Crippen LogP contribution in [0.5, 0.6) is 0 Å². The van der Waals surface area contributed by atoms with Gasteiger partial charge in [0, 0.05) is 40.9 Å². The Hall–Kier alpha value is -2.48. The van der Waals surface area contributed by atoms with Crippen molar-refractivity contribution in [2.45, 2.75) is 53.7 Å². The number of nitrogens with zero attached hydrogens (tertiary/aromatic N) is 2. The topological polar surface area (TPSA) is 16.8 Å². The summed E-state index contributed by atoms with van der Waals surface area (Å²) in [6, 6.07) is 10.2. The van der Waals surface area contributed by atoms with Crippen molar-refractivity contribution in [1.82, 2.24) is 4.98 Å². The molecule has 0 aliphatic carbocycles. The van der Waals surface area contributed by atoms with Gasteiger partial charge in [-0.25, -0.2) is 4.57 Å². The van der Waals surface area contributed by atoms with Gasteiger partial charge < -0.3 is 0 Å². The van der Waals surface area contributed by atoms with Crippen molar-refractivity contribution in [3.8, 4) is 22.4 Å². The van der Waals surface area contributed by atoms with Crippen LogP contribution in [0.25, 0.3) is 22.4 Å². The molecule has 0 unspecified atom stereocenters. The molecule has 3 aromatic rings. The summed E-state index contributed by atoms with van der Waals surface area (Å²) in [4.78, 5) is 3.90. The van der Waals surface area contributed by atoms with Crippen LogP contribution in [0.4, 0.5) is 0 Å². The molecular formula is C25H31N2+. The maximum Gasteiger partial charge on any atom is 0.212 e. The highest BCUT2D eigenvalue weighted by Gasteiger charge is 2.23. The summed E-state index contributed by atoms with van der Waals surface area (Å²) in [7, 11) is 1.79. The van der Waals surface area contributed by atoms with Gasteiger partial charge in [-0.3, -0.25) is 4.98 Å². The van der Waals surface area contributed by atoms with Crippen molar-refractivity contribution >= 4 is 0 Å². The number of rotatable bonds is 2. The van der Waals surface area contributed by atoms with Crippen molar-refractivity contribution < 1.29 is 16.9 Å². The molecule has 0 atom stereocenters. The van der Waals surface area contributed by atoms with Gasteiger partial charge in [-0.1, -0.05) is 32.9 Å². The summed E-state index contributed by atoms with van der Waals surface area (Å²) in [5.74, 6) is 0. The Morgan fingerprint density at radius 1 is 0.889 bits per heavy atom. The molecule has 0 aliphatic rings. The first-order valence-corrected chi connectivity index (χ1v) is 8.88.